The zero-order valence-corrected chi connectivity index (χ0v) is 9.99. The molecule has 0 aliphatic carbocycles. The van der Waals surface area contributed by atoms with Gasteiger partial charge in [0.15, 0.2) is 5.78 Å². The second-order valence-corrected chi connectivity index (χ2v) is 4.13. The maximum Gasteiger partial charge on any atom is 0.263 e. The second kappa shape index (κ2) is 5.56. The van der Waals surface area contributed by atoms with Gasteiger partial charge in [-0.25, -0.2) is 8.78 Å². The minimum Gasteiger partial charge on any atom is -0.294 e. The summed E-state index contributed by atoms with van der Waals surface area (Å²) in [5, 5.41) is 0. The van der Waals surface area contributed by atoms with Gasteiger partial charge in [0.1, 0.15) is 0 Å². The molecule has 0 bridgehead atoms. The molecule has 0 aromatic heterocycles. The van der Waals surface area contributed by atoms with Crippen molar-refractivity contribution in [3.63, 3.8) is 0 Å². The summed E-state index contributed by atoms with van der Waals surface area (Å²) in [6.07, 6.45) is -2.42. The average Bonchev–Trinajstić information content (AvgIpc) is 2.18. The van der Waals surface area contributed by atoms with Crippen LogP contribution in [-0.4, -0.2) is 11.7 Å². The number of carbonyl (C=O) groups excluding carboxylic acids is 1. The molecule has 0 unspecified atom stereocenters. The number of hydrogen-bond acceptors (Lipinski definition) is 1. The molecule has 0 spiro atoms. The molecule has 82 valence electrons. The van der Waals surface area contributed by atoms with Crippen LogP contribution in [0.1, 0.15) is 28.8 Å². The lowest BCUT2D eigenvalue weighted by Crippen LogP contribution is -2.02. The van der Waals surface area contributed by atoms with Crippen LogP contribution in [0.25, 0.3) is 0 Å². The molecule has 0 saturated carbocycles. The Labute approximate surface area is 99.6 Å². The van der Waals surface area contributed by atoms with E-state index in [4.69, 9.17) is 11.6 Å². The molecule has 0 N–H and O–H groups in total. The van der Waals surface area contributed by atoms with Gasteiger partial charge >= 0.3 is 0 Å². The van der Waals surface area contributed by atoms with Crippen molar-refractivity contribution in [3.8, 4) is 0 Å². The van der Waals surface area contributed by atoms with E-state index in [-0.39, 0.29) is 29.2 Å². The lowest BCUT2D eigenvalue weighted by molar-refractivity contribution is 0.0988. The van der Waals surface area contributed by atoms with E-state index >= 15 is 0 Å². The van der Waals surface area contributed by atoms with E-state index in [1.54, 1.807) is 0 Å². The lowest BCUT2D eigenvalue weighted by atomic mass is 10.1. The van der Waals surface area contributed by atoms with Crippen molar-refractivity contribution in [1.82, 2.24) is 0 Å². The Hall–Kier alpha value is -0.480. The minimum atomic E-state index is -2.57. The highest BCUT2D eigenvalue weighted by Gasteiger charge is 2.14. The average molecular weight is 298 g/mol. The molecule has 0 saturated heterocycles. The fourth-order valence-electron chi connectivity index (χ4n) is 1.11. The highest BCUT2D eigenvalue weighted by molar-refractivity contribution is 9.10. The highest BCUT2D eigenvalue weighted by Crippen LogP contribution is 2.25. The molecule has 0 atom stereocenters. The smallest absolute Gasteiger partial charge is 0.263 e. The highest BCUT2D eigenvalue weighted by atomic mass is 79.9. The van der Waals surface area contributed by atoms with Crippen LogP contribution in [0, 0.1) is 0 Å². The molecule has 0 aliphatic rings. The number of hydrogen-bond donors (Lipinski definition) is 0. The summed E-state index contributed by atoms with van der Waals surface area (Å²) in [6.45, 7) is 0. The first kappa shape index (κ1) is 12.6. The van der Waals surface area contributed by atoms with E-state index in [0.29, 0.717) is 4.47 Å². The van der Waals surface area contributed by atoms with Gasteiger partial charge in [0.05, 0.1) is 0 Å². The van der Waals surface area contributed by atoms with Crippen LogP contribution >= 0.6 is 27.5 Å². The van der Waals surface area contributed by atoms with Crippen LogP contribution in [0.2, 0.25) is 0 Å². The van der Waals surface area contributed by atoms with Crippen LogP contribution in [-0.2, 0) is 0 Å². The number of rotatable bonds is 4. The molecular weight excluding hydrogens is 289 g/mol. The molecule has 0 amide bonds. The van der Waals surface area contributed by atoms with Gasteiger partial charge in [-0.05, 0) is 12.1 Å². The summed E-state index contributed by atoms with van der Waals surface area (Å²) in [6, 6.07) is 3.93. The molecule has 1 rings (SSSR count). The summed E-state index contributed by atoms with van der Waals surface area (Å²) in [5.74, 6) is -0.0520. The van der Waals surface area contributed by atoms with E-state index < -0.39 is 6.43 Å². The molecule has 5 heteroatoms. The third kappa shape index (κ3) is 3.24. The quantitative estimate of drug-likeness (QED) is 0.601. The van der Waals surface area contributed by atoms with Crippen molar-refractivity contribution in [1.29, 1.82) is 0 Å². The van der Waals surface area contributed by atoms with E-state index in [1.165, 1.54) is 18.2 Å². The number of alkyl halides is 3. The number of halogens is 4. The van der Waals surface area contributed by atoms with Crippen molar-refractivity contribution < 1.29 is 13.6 Å². The number of Topliss-reactive ketones (excluding diaryl/α,β-unsaturated/α-hetero) is 1. The van der Waals surface area contributed by atoms with Crippen molar-refractivity contribution in [2.75, 3.05) is 5.88 Å². The SMILES string of the molecule is O=C(CCCl)c1cc(C(F)F)ccc1Br. The summed E-state index contributed by atoms with van der Waals surface area (Å²) in [4.78, 5) is 11.5. The monoisotopic (exact) mass is 296 g/mol. The third-order valence-electron chi connectivity index (χ3n) is 1.86. The van der Waals surface area contributed by atoms with Gasteiger partial charge in [0.2, 0.25) is 0 Å². The summed E-state index contributed by atoms with van der Waals surface area (Å²) in [7, 11) is 0. The minimum absolute atomic E-state index is 0.146. The summed E-state index contributed by atoms with van der Waals surface area (Å²) < 4.78 is 25.3. The second-order valence-electron chi connectivity index (χ2n) is 2.90. The summed E-state index contributed by atoms with van der Waals surface area (Å²) in [5.41, 5.74) is 0.101. The van der Waals surface area contributed by atoms with Crippen molar-refractivity contribution in [2.45, 2.75) is 12.8 Å². The maximum absolute atomic E-state index is 12.4. The predicted molar refractivity (Wildman–Crippen MR) is 58.8 cm³/mol. The zero-order chi connectivity index (χ0) is 11.4. The summed E-state index contributed by atoms with van der Waals surface area (Å²) >= 11 is 8.56. The molecule has 0 fully saturated rings. The van der Waals surface area contributed by atoms with E-state index in [2.05, 4.69) is 15.9 Å². The predicted octanol–water partition coefficient (Wildman–Crippen LogP) is 4.20. The largest absolute Gasteiger partial charge is 0.294 e. The molecule has 1 aromatic rings. The Morgan fingerprint density at radius 2 is 2.13 bits per heavy atom. The van der Waals surface area contributed by atoms with E-state index in [0.717, 1.165) is 0 Å². The topological polar surface area (TPSA) is 17.1 Å². The number of benzene rings is 1. The van der Waals surface area contributed by atoms with E-state index in [9.17, 15) is 13.6 Å². The standard InChI is InChI=1S/C10H8BrClF2O/c11-8-2-1-6(10(13)14)5-7(8)9(15)3-4-12/h1-2,5,10H,3-4H2. The van der Waals surface area contributed by atoms with Gasteiger partial charge in [-0.15, -0.1) is 11.6 Å². The van der Waals surface area contributed by atoms with Gasteiger partial charge in [0.25, 0.3) is 6.43 Å². The fraction of sp³-hybridized carbons (Fsp3) is 0.300. The van der Waals surface area contributed by atoms with E-state index in [1.807, 2.05) is 0 Å². The molecule has 1 aromatic carbocycles. The molecule has 0 heterocycles. The first-order valence-electron chi connectivity index (χ1n) is 4.23. The Balaban J connectivity index is 3.05. The van der Waals surface area contributed by atoms with Gasteiger partial charge in [-0.2, -0.15) is 0 Å². The Bertz CT molecular complexity index is 368. The molecule has 15 heavy (non-hydrogen) atoms. The molecule has 0 radical (unpaired) electrons. The first-order valence-corrected chi connectivity index (χ1v) is 5.55. The third-order valence-corrected chi connectivity index (χ3v) is 2.74. The molecular formula is C10H8BrClF2O. The normalized spacial score (nSPS) is 10.7. The van der Waals surface area contributed by atoms with Gasteiger partial charge in [-0.3, -0.25) is 4.79 Å². The van der Waals surface area contributed by atoms with Gasteiger partial charge in [-0.1, -0.05) is 22.0 Å². The van der Waals surface area contributed by atoms with Gasteiger partial charge < -0.3 is 0 Å². The van der Waals surface area contributed by atoms with Crippen LogP contribution in [0.15, 0.2) is 22.7 Å². The first-order chi connectivity index (χ1) is 7.06. The Morgan fingerprint density at radius 3 is 2.67 bits per heavy atom. The fourth-order valence-corrected chi connectivity index (χ4v) is 1.75. The number of carbonyl (C=O) groups is 1. The van der Waals surface area contributed by atoms with Crippen molar-refractivity contribution in [2.24, 2.45) is 0 Å². The van der Waals surface area contributed by atoms with Gasteiger partial charge in [0, 0.05) is 27.9 Å². The van der Waals surface area contributed by atoms with Crippen LogP contribution in [0.4, 0.5) is 8.78 Å². The van der Waals surface area contributed by atoms with Crippen LogP contribution < -0.4 is 0 Å². The molecule has 0 aliphatic heterocycles. The Kier molecular flexibility index (Phi) is 4.67. The van der Waals surface area contributed by atoms with Crippen molar-refractivity contribution >= 4 is 33.3 Å². The lowest BCUT2D eigenvalue weighted by Gasteiger charge is -2.05. The zero-order valence-electron chi connectivity index (χ0n) is 7.64. The molecule has 1 nitrogen and oxygen atoms in total. The maximum atomic E-state index is 12.4. The number of ketones is 1. The van der Waals surface area contributed by atoms with Crippen LogP contribution in [0.3, 0.4) is 0 Å². The van der Waals surface area contributed by atoms with Crippen LogP contribution in [0.5, 0.6) is 0 Å². The van der Waals surface area contributed by atoms with Crippen molar-refractivity contribution in [3.05, 3.63) is 33.8 Å². The Morgan fingerprint density at radius 1 is 1.47 bits per heavy atom.